The molecule has 0 radical (unpaired) electrons. The highest BCUT2D eigenvalue weighted by Crippen LogP contribution is 2.58. The number of hydrogen-bond donors (Lipinski definition) is 0. The Balaban J connectivity index is 0.000000235. The minimum atomic E-state index is -0.913. The van der Waals surface area contributed by atoms with E-state index >= 15 is 0 Å². The van der Waals surface area contributed by atoms with E-state index in [1.807, 2.05) is 0 Å². The fraction of sp³-hybridized carbons (Fsp3) is 0.512. The highest BCUT2D eigenvalue weighted by atomic mass is 32.2. The highest BCUT2D eigenvalue weighted by Gasteiger charge is 2.55. The van der Waals surface area contributed by atoms with Crippen LogP contribution < -0.4 is 5.11 Å². The normalized spacial score (nSPS) is 24.4. The molecule has 2 atom stereocenters. The Morgan fingerprint density at radius 3 is 1.18 bits per heavy atom. The SMILES string of the molecule is CC(C)(C)c1ccc([S+](c2ccc(C(C)(C)C)cc2)c2ccc(C(C)(C)C)cc2)cc1.O=C1C2CC3CC1CC(C(=O)[O-])(C3)C2. The average molecular weight is 625 g/mol. The number of carboxylic acid groups (broad SMARTS) is 1. The van der Waals surface area contributed by atoms with E-state index < -0.39 is 11.4 Å². The van der Waals surface area contributed by atoms with Crippen molar-refractivity contribution >= 4 is 22.6 Å². The lowest BCUT2D eigenvalue weighted by atomic mass is 9.49. The summed E-state index contributed by atoms with van der Waals surface area (Å²) in [5, 5.41) is 11.1. The van der Waals surface area contributed by atoms with Crippen LogP contribution in [0.25, 0.3) is 0 Å². The second kappa shape index (κ2) is 12.1. The van der Waals surface area contributed by atoms with E-state index in [9.17, 15) is 14.7 Å². The first kappa shape index (κ1) is 33.5. The maximum atomic E-state index is 11.7. The molecule has 0 spiro atoms. The molecule has 0 saturated heterocycles. The number of carboxylic acids is 1. The monoisotopic (exact) mass is 624 g/mol. The van der Waals surface area contributed by atoms with Crippen molar-refractivity contribution in [3.63, 3.8) is 0 Å². The van der Waals surface area contributed by atoms with Gasteiger partial charge in [-0.05, 0) is 107 Å². The summed E-state index contributed by atoms with van der Waals surface area (Å²) in [5.74, 6) is -0.0244. The molecule has 45 heavy (non-hydrogen) atoms. The van der Waals surface area contributed by atoms with Gasteiger partial charge < -0.3 is 9.90 Å². The number of Topliss-reactive ketones (excluding diaryl/α,β-unsaturated/α-hetero) is 1. The van der Waals surface area contributed by atoms with Crippen molar-refractivity contribution in [2.24, 2.45) is 23.2 Å². The number of carbonyl (C=O) groups is 2. The third-order valence-electron chi connectivity index (χ3n) is 10.3. The molecule has 4 bridgehead atoms. The molecule has 3 aromatic carbocycles. The Morgan fingerprint density at radius 2 is 0.911 bits per heavy atom. The summed E-state index contributed by atoms with van der Waals surface area (Å²) in [4.78, 5) is 27.0. The summed E-state index contributed by atoms with van der Waals surface area (Å²) in [7, 11) is -0.120. The first-order valence-electron chi connectivity index (χ1n) is 16.7. The predicted molar refractivity (Wildman–Crippen MR) is 184 cm³/mol. The third kappa shape index (κ3) is 7.12. The summed E-state index contributed by atoms with van der Waals surface area (Å²) in [6, 6.07) is 27.8. The number of aliphatic carboxylic acids is 1. The summed E-state index contributed by atoms with van der Waals surface area (Å²) in [6.45, 7) is 20.5. The van der Waals surface area contributed by atoms with Crippen LogP contribution in [0.15, 0.2) is 87.5 Å². The molecule has 0 heterocycles. The van der Waals surface area contributed by atoms with Gasteiger partial charge in [0.2, 0.25) is 0 Å². The fourth-order valence-electron chi connectivity index (χ4n) is 7.68. The van der Waals surface area contributed by atoms with Gasteiger partial charge in [-0.15, -0.1) is 0 Å². The Morgan fingerprint density at radius 1 is 0.600 bits per heavy atom. The molecule has 4 fully saturated rings. The van der Waals surface area contributed by atoms with Gasteiger partial charge in [0.25, 0.3) is 0 Å². The highest BCUT2D eigenvalue weighted by molar-refractivity contribution is 7.97. The van der Waals surface area contributed by atoms with Gasteiger partial charge in [-0.1, -0.05) is 98.7 Å². The lowest BCUT2D eigenvalue weighted by molar-refractivity contribution is -0.325. The number of hydrogen-bond acceptors (Lipinski definition) is 3. The summed E-state index contributed by atoms with van der Waals surface area (Å²) in [6.07, 6.45) is 3.74. The Labute approximate surface area is 274 Å². The van der Waals surface area contributed by atoms with E-state index in [4.69, 9.17) is 0 Å². The first-order chi connectivity index (χ1) is 20.9. The van der Waals surface area contributed by atoms with Crippen LogP contribution in [0.5, 0.6) is 0 Å². The molecule has 4 saturated carbocycles. The van der Waals surface area contributed by atoms with Gasteiger partial charge in [0.15, 0.2) is 14.7 Å². The van der Waals surface area contributed by atoms with Crippen LogP contribution in [0.2, 0.25) is 0 Å². The Bertz CT molecular complexity index is 1360. The van der Waals surface area contributed by atoms with Crippen LogP contribution in [-0.4, -0.2) is 11.8 Å². The van der Waals surface area contributed by atoms with Crippen molar-refractivity contribution in [1.82, 2.24) is 0 Å². The molecule has 0 amide bonds. The predicted octanol–water partition coefficient (Wildman–Crippen LogP) is 8.81. The van der Waals surface area contributed by atoms with Gasteiger partial charge in [0.1, 0.15) is 5.78 Å². The van der Waals surface area contributed by atoms with Crippen molar-refractivity contribution in [1.29, 1.82) is 0 Å². The van der Waals surface area contributed by atoms with Gasteiger partial charge in [0, 0.05) is 23.2 Å². The summed E-state index contributed by atoms with van der Waals surface area (Å²) < 4.78 is 0. The maximum absolute atomic E-state index is 11.7. The lowest BCUT2D eigenvalue weighted by Gasteiger charge is -2.56. The van der Waals surface area contributed by atoms with Crippen LogP contribution in [-0.2, 0) is 36.7 Å². The smallest absolute Gasteiger partial charge is 0.166 e. The second-order valence-electron chi connectivity index (χ2n) is 16.9. The van der Waals surface area contributed by atoms with Gasteiger partial charge in [0.05, 0.1) is 10.9 Å². The van der Waals surface area contributed by atoms with E-state index in [1.54, 1.807) is 0 Å². The number of carbonyl (C=O) groups excluding carboxylic acids is 2. The molecule has 0 aliphatic heterocycles. The van der Waals surface area contributed by atoms with Crippen LogP contribution in [0, 0.1) is 23.2 Å². The van der Waals surface area contributed by atoms with Crippen molar-refractivity contribution in [2.45, 2.75) is 125 Å². The quantitative estimate of drug-likeness (QED) is 0.273. The zero-order chi connectivity index (χ0) is 32.9. The minimum Gasteiger partial charge on any atom is -0.550 e. The van der Waals surface area contributed by atoms with Gasteiger partial charge in [-0.25, -0.2) is 0 Å². The number of rotatable bonds is 4. The molecule has 4 heteroatoms. The molecule has 4 aliphatic carbocycles. The molecular formula is C41H52O3S. The van der Waals surface area contributed by atoms with E-state index in [-0.39, 0.29) is 39.0 Å². The van der Waals surface area contributed by atoms with Crippen molar-refractivity contribution in [2.75, 3.05) is 0 Å². The minimum absolute atomic E-state index is 0.0409. The zero-order valence-corrected chi connectivity index (χ0v) is 29.6. The largest absolute Gasteiger partial charge is 0.550 e. The Hall–Kier alpha value is -2.85. The first-order valence-corrected chi connectivity index (χ1v) is 17.9. The molecular weight excluding hydrogens is 573 g/mol. The van der Waals surface area contributed by atoms with Crippen molar-refractivity contribution in [3.8, 4) is 0 Å². The van der Waals surface area contributed by atoms with Crippen LogP contribution in [0.1, 0.15) is 111 Å². The number of benzene rings is 3. The standard InChI is InChI=1S/C30H39S.C11H14O3/c1-28(2,3)22-10-16-25(17-11-22)31(26-18-12-23(13-19-26)29(4,5)6)27-20-14-24(15-21-27)30(7,8)9;12-9-7-1-6-2-8(9)5-11(3-6,4-7)10(13)14/h10-21H,1-9H3;6-8H,1-5H2,(H,13,14)/q+1;/p-1. The Kier molecular flexibility index (Phi) is 8.98. The fourth-order valence-corrected chi connectivity index (χ4v) is 9.72. The summed E-state index contributed by atoms with van der Waals surface area (Å²) in [5.41, 5.74) is 4.01. The molecule has 240 valence electrons. The zero-order valence-electron chi connectivity index (χ0n) is 28.8. The van der Waals surface area contributed by atoms with Crippen LogP contribution in [0.3, 0.4) is 0 Å². The summed E-state index contributed by atoms with van der Waals surface area (Å²) >= 11 is 0. The van der Waals surface area contributed by atoms with E-state index in [0.717, 1.165) is 19.3 Å². The van der Waals surface area contributed by atoms with Gasteiger partial charge in [-0.2, -0.15) is 0 Å². The average Bonchev–Trinajstić information content (AvgIpc) is 2.95. The van der Waals surface area contributed by atoms with E-state index in [2.05, 4.69) is 135 Å². The molecule has 4 aliphatic rings. The van der Waals surface area contributed by atoms with Gasteiger partial charge in [-0.3, -0.25) is 4.79 Å². The van der Waals surface area contributed by atoms with Crippen molar-refractivity contribution in [3.05, 3.63) is 89.5 Å². The molecule has 0 aromatic heterocycles. The van der Waals surface area contributed by atoms with Crippen molar-refractivity contribution < 1.29 is 14.7 Å². The molecule has 3 nitrogen and oxygen atoms in total. The maximum Gasteiger partial charge on any atom is 0.166 e. The molecule has 2 unspecified atom stereocenters. The molecule has 0 N–H and O–H groups in total. The van der Waals surface area contributed by atoms with Gasteiger partial charge >= 0.3 is 0 Å². The van der Waals surface area contributed by atoms with Crippen LogP contribution in [0.4, 0.5) is 0 Å². The molecule has 7 rings (SSSR count). The van der Waals surface area contributed by atoms with Crippen LogP contribution >= 0.6 is 0 Å². The second-order valence-corrected chi connectivity index (χ2v) is 19.0. The lowest BCUT2D eigenvalue weighted by Crippen LogP contribution is -2.57. The van der Waals surface area contributed by atoms with E-state index in [0.29, 0.717) is 24.5 Å². The third-order valence-corrected chi connectivity index (χ3v) is 12.5. The topological polar surface area (TPSA) is 57.2 Å². The molecule has 3 aromatic rings. The number of ketones is 1. The van der Waals surface area contributed by atoms with E-state index in [1.165, 1.54) is 31.4 Å².